The van der Waals surface area contributed by atoms with Gasteiger partial charge in [0.25, 0.3) is 5.91 Å². The van der Waals surface area contributed by atoms with E-state index in [9.17, 15) is 9.59 Å². The van der Waals surface area contributed by atoms with Gasteiger partial charge in [-0.1, -0.05) is 59.9 Å². The number of piperazine rings is 1. The molecule has 0 N–H and O–H groups in total. The van der Waals surface area contributed by atoms with Crippen molar-refractivity contribution in [1.82, 2.24) is 15.1 Å². The number of nitrogens with zero attached hydrogens (tertiary/aromatic N) is 4. The maximum absolute atomic E-state index is 13.1. The van der Waals surface area contributed by atoms with Crippen molar-refractivity contribution in [3.8, 4) is 0 Å². The van der Waals surface area contributed by atoms with E-state index in [1.165, 1.54) is 0 Å². The molecule has 1 aliphatic rings. The second kappa shape index (κ2) is 7.90. The van der Waals surface area contributed by atoms with Crippen molar-refractivity contribution in [1.29, 1.82) is 0 Å². The van der Waals surface area contributed by atoms with Gasteiger partial charge in [-0.25, -0.2) is 0 Å². The van der Waals surface area contributed by atoms with E-state index < -0.39 is 0 Å². The van der Waals surface area contributed by atoms with Crippen molar-refractivity contribution < 1.29 is 9.59 Å². The molecule has 1 amide bonds. The molecule has 1 saturated heterocycles. The number of carbonyl (C=O) groups is 2. The molecular formula is C21H20N4O2S. The average Bonchev–Trinajstić information content (AvgIpc) is 3.20. The van der Waals surface area contributed by atoms with E-state index in [0.29, 0.717) is 42.9 Å². The third-order valence-electron chi connectivity index (χ3n) is 4.79. The van der Waals surface area contributed by atoms with Crippen molar-refractivity contribution in [3.63, 3.8) is 0 Å². The van der Waals surface area contributed by atoms with Crippen molar-refractivity contribution >= 4 is 28.2 Å². The maximum Gasteiger partial charge on any atom is 0.254 e. The molecule has 1 fully saturated rings. The lowest BCUT2D eigenvalue weighted by atomic mass is 9.97. The van der Waals surface area contributed by atoms with Crippen molar-refractivity contribution in [2.75, 3.05) is 31.1 Å². The van der Waals surface area contributed by atoms with Gasteiger partial charge in [0.1, 0.15) is 5.01 Å². The van der Waals surface area contributed by atoms with E-state index in [2.05, 4.69) is 15.1 Å². The molecule has 3 aromatic rings. The third kappa shape index (κ3) is 3.66. The first-order valence-corrected chi connectivity index (χ1v) is 9.98. The van der Waals surface area contributed by atoms with E-state index in [0.717, 1.165) is 10.1 Å². The molecule has 0 saturated carbocycles. The highest BCUT2D eigenvalue weighted by atomic mass is 32.1. The van der Waals surface area contributed by atoms with Crippen LogP contribution in [-0.2, 0) is 0 Å². The zero-order chi connectivity index (χ0) is 19.5. The van der Waals surface area contributed by atoms with Gasteiger partial charge in [-0.15, -0.1) is 10.2 Å². The standard InChI is InChI=1S/C21H20N4O2S/c1-15-22-23-21(28-15)25-13-11-24(12-14-25)20(27)18-10-6-5-9-17(18)19(26)16-7-3-2-4-8-16/h2-10H,11-14H2,1H3. The summed E-state index contributed by atoms with van der Waals surface area (Å²) in [4.78, 5) is 30.0. The van der Waals surface area contributed by atoms with Crippen LogP contribution in [0.4, 0.5) is 5.13 Å². The molecule has 0 bridgehead atoms. The van der Waals surface area contributed by atoms with Crippen molar-refractivity contribution in [2.24, 2.45) is 0 Å². The van der Waals surface area contributed by atoms with Gasteiger partial charge in [0.2, 0.25) is 5.13 Å². The van der Waals surface area contributed by atoms with Gasteiger partial charge in [-0.05, 0) is 13.0 Å². The molecule has 1 aliphatic heterocycles. The van der Waals surface area contributed by atoms with Crippen molar-refractivity contribution in [2.45, 2.75) is 6.92 Å². The smallest absolute Gasteiger partial charge is 0.254 e. The molecular weight excluding hydrogens is 372 g/mol. The van der Waals surface area contributed by atoms with E-state index in [1.54, 1.807) is 47.7 Å². The van der Waals surface area contributed by atoms with Crippen LogP contribution in [0.5, 0.6) is 0 Å². The Labute approximate surface area is 167 Å². The first kappa shape index (κ1) is 18.3. The normalized spacial score (nSPS) is 14.2. The summed E-state index contributed by atoms with van der Waals surface area (Å²) in [6, 6.07) is 16.1. The van der Waals surface area contributed by atoms with Crippen LogP contribution in [0.1, 0.15) is 31.3 Å². The molecule has 4 rings (SSSR count). The number of hydrogen-bond donors (Lipinski definition) is 0. The van der Waals surface area contributed by atoms with Gasteiger partial charge in [0.15, 0.2) is 5.78 Å². The van der Waals surface area contributed by atoms with E-state index in [-0.39, 0.29) is 11.7 Å². The lowest BCUT2D eigenvalue weighted by molar-refractivity contribution is 0.0742. The molecule has 6 nitrogen and oxygen atoms in total. The summed E-state index contributed by atoms with van der Waals surface area (Å²) in [7, 11) is 0. The lowest BCUT2D eigenvalue weighted by Gasteiger charge is -2.34. The van der Waals surface area contributed by atoms with E-state index >= 15 is 0 Å². The van der Waals surface area contributed by atoms with E-state index in [4.69, 9.17) is 0 Å². The van der Waals surface area contributed by atoms with Gasteiger partial charge in [-0.2, -0.15) is 0 Å². The number of hydrogen-bond acceptors (Lipinski definition) is 6. The second-order valence-corrected chi connectivity index (χ2v) is 7.78. The lowest BCUT2D eigenvalue weighted by Crippen LogP contribution is -2.49. The monoisotopic (exact) mass is 392 g/mol. The quantitative estimate of drug-likeness (QED) is 0.639. The SMILES string of the molecule is Cc1nnc(N2CCN(C(=O)c3ccccc3C(=O)c3ccccc3)CC2)s1. The largest absolute Gasteiger partial charge is 0.343 e. The summed E-state index contributed by atoms with van der Waals surface area (Å²) >= 11 is 1.56. The molecule has 2 heterocycles. The Morgan fingerprint density at radius 2 is 1.50 bits per heavy atom. The third-order valence-corrected chi connectivity index (χ3v) is 5.69. The maximum atomic E-state index is 13.1. The fourth-order valence-electron chi connectivity index (χ4n) is 3.30. The molecule has 1 aromatic heterocycles. The molecule has 0 atom stereocenters. The van der Waals surface area contributed by atoms with Crippen molar-refractivity contribution in [3.05, 3.63) is 76.3 Å². The number of aromatic nitrogens is 2. The highest BCUT2D eigenvalue weighted by molar-refractivity contribution is 7.15. The van der Waals surface area contributed by atoms with Crippen LogP contribution in [0, 0.1) is 6.92 Å². The molecule has 0 unspecified atom stereocenters. The Morgan fingerprint density at radius 1 is 0.857 bits per heavy atom. The summed E-state index contributed by atoms with van der Waals surface area (Å²) in [5, 5.41) is 10.1. The van der Waals surface area contributed by atoms with Gasteiger partial charge in [-0.3, -0.25) is 9.59 Å². The fourth-order valence-corrected chi connectivity index (χ4v) is 4.04. The molecule has 0 aliphatic carbocycles. The van der Waals surface area contributed by atoms with Crippen LogP contribution >= 0.6 is 11.3 Å². The van der Waals surface area contributed by atoms with Crippen LogP contribution in [0.2, 0.25) is 0 Å². The van der Waals surface area contributed by atoms with Crippen LogP contribution < -0.4 is 4.90 Å². The predicted molar refractivity (Wildman–Crippen MR) is 109 cm³/mol. The first-order chi connectivity index (χ1) is 13.6. The van der Waals surface area contributed by atoms with Gasteiger partial charge in [0, 0.05) is 37.3 Å². The Balaban J connectivity index is 1.51. The minimum atomic E-state index is -0.132. The predicted octanol–water partition coefficient (Wildman–Crippen LogP) is 3.04. The number of rotatable bonds is 4. The van der Waals surface area contributed by atoms with Gasteiger partial charge >= 0.3 is 0 Å². The Morgan fingerprint density at radius 3 is 2.14 bits per heavy atom. The highest BCUT2D eigenvalue weighted by Crippen LogP contribution is 2.22. The second-order valence-electron chi connectivity index (χ2n) is 6.62. The molecule has 0 radical (unpaired) electrons. The fraction of sp³-hybridized carbons (Fsp3) is 0.238. The van der Waals surface area contributed by atoms with Gasteiger partial charge < -0.3 is 9.80 Å². The number of benzene rings is 2. The number of amides is 1. The Bertz CT molecular complexity index is 994. The van der Waals surface area contributed by atoms with Gasteiger partial charge in [0.05, 0.1) is 5.56 Å². The minimum Gasteiger partial charge on any atom is -0.343 e. The van der Waals surface area contributed by atoms with E-state index in [1.807, 2.05) is 30.0 Å². The van der Waals surface area contributed by atoms with Crippen LogP contribution in [0.3, 0.4) is 0 Å². The Kier molecular flexibility index (Phi) is 5.16. The van der Waals surface area contributed by atoms with Crippen LogP contribution in [-0.4, -0.2) is 53.0 Å². The van der Waals surface area contributed by atoms with Crippen LogP contribution in [0.15, 0.2) is 54.6 Å². The number of ketones is 1. The first-order valence-electron chi connectivity index (χ1n) is 9.16. The zero-order valence-electron chi connectivity index (χ0n) is 15.5. The topological polar surface area (TPSA) is 66.4 Å². The summed E-state index contributed by atoms with van der Waals surface area (Å²) in [5.41, 5.74) is 1.48. The van der Waals surface area contributed by atoms with Crippen LogP contribution in [0.25, 0.3) is 0 Å². The summed E-state index contributed by atoms with van der Waals surface area (Å²) in [5.74, 6) is -0.236. The summed E-state index contributed by atoms with van der Waals surface area (Å²) in [6.45, 7) is 4.52. The Hall–Kier alpha value is -3.06. The molecule has 2 aromatic carbocycles. The average molecular weight is 392 g/mol. The highest BCUT2D eigenvalue weighted by Gasteiger charge is 2.26. The molecule has 0 spiro atoms. The zero-order valence-corrected chi connectivity index (χ0v) is 16.4. The molecule has 142 valence electrons. The number of carbonyl (C=O) groups excluding carboxylic acids is 2. The molecule has 7 heteroatoms. The minimum absolute atomic E-state index is 0.104. The number of anilines is 1. The summed E-state index contributed by atoms with van der Waals surface area (Å²) in [6.07, 6.45) is 0. The number of aryl methyl sites for hydroxylation is 1. The summed E-state index contributed by atoms with van der Waals surface area (Å²) < 4.78 is 0. The molecule has 28 heavy (non-hydrogen) atoms.